The summed E-state index contributed by atoms with van der Waals surface area (Å²) in [4.78, 5) is 0. The second kappa shape index (κ2) is 7.78. The SMILES string of the molecule is CCC(COC)NS(=O)(=O)c1ccc(CNC(C)C)o1. The van der Waals surface area contributed by atoms with Gasteiger partial charge in [-0.25, -0.2) is 13.1 Å². The average Bonchev–Trinajstić information content (AvgIpc) is 2.85. The van der Waals surface area contributed by atoms with E-state index in [1.54, 1.807) is 13.2 Å². The highest BCUT2D eigenvalue weighted by molar-refractivity contribution is 7.89. The van der Waals surface area contributed by atoms with E-state index in [9.17, 15) is 8.42 Å². The van der Waals surface area contributed by atoms with Crippen molar-refractivity contribution in [3.05, 3.63) is 17.9 Å². The zero-order valence-corrected chi connectivity index (χ0v) is 13.3. The molecule has 20 heavy (non-hydrogen) atoms. The molecule has 0 saturated heterocycles. The first-order chi connectivity index (χ1) is 9.39. The van der Waals surface area contributed by atoms with E-state index in [0.717, 1.165) is 0 Å². The predicted octanol–water partition coefficient (Wildman–Crippen LogP) is 1.48. The lowest BCUT2D eigenvalue weighted by atomic mass is 10.3. The Labute approximate surface area is 120 Å². The van der Waals surface area contributed by atoms with Gasteiger partial charge in [-0.3, -0.25) is 0 Å². The molecule has 0 bridgehead atoms. The van der Waals surface area contributed by atoms with Crippen LogP contribution in [0.25, 0.3) is 0 Å². The molecule has 7 heteroatoms. The summed E-state index contributed by atoms with van der Waals surface area (Å²) in [6.45, 7) is 6.75. The summed E-state index contributed by atoms with van der Waals surface area (Å²) < 4.78 is 37.2. The lowest BCUT2D eigenvalue weighted by Gasteiger charge is -2.14. The zero-order valence-electron chi connectivity index (χ0n) is 12.5. The Bertz CT molecular complexity index is 496. The highest BCUT2D eigenvalue weighted by Crippen LogP contribution is 2.14. The molecule has 0 aromatic carbocycles. The normalized spacial score (nSPS) is 13.8. The van der Waals surface area contributed by atoms with Crippen molar-refractivity contribution < 1.29 is 17.6 Å². The highest BCUT2D eigenvalue weighted by Gasteiger charge is 2.22. The number of ether oxygens (including phenoxy) is 1. The monoisotopic (exact) mass is 304 g/mol. The van der Waals surface area contributed by atoms with Crippen molar-refractivity contribution in [3.8, 4) is 0 Å². The topological polar surface area (TPSA) is 80.6 Å². The number of nitrogens with one attached hydrogen (secondary N) is 2. The lowest BCUT2D eigenvalue weighted by molar-refractivity contribution is 0.173. The molecule has 1 aromatic heterocycles. The standard InChI is InChI=1S/C13H24N2O4S/c1-5-11(9-18-4)15-20(16,17)13-7-6-12(19-13)8-14-10(2)3/h6-7,10-11,14-15H,5,8-9H2,1-4H3. The molecule has 0 aliphatic rings. The summed E-state index contributed by atoms with van der Waals surface area (Å²) in [6, 6.07) is 3.19. The van der Waals surface area contributed by atoms with Crippen LogP contribution in [0.5, 0.6) is 0 Å². The van der Waals surface area contributed by atoms with Crippen molar-refractivity contribution in [1.82, 2.24) is 10.0 Å². The number of hydrogen-bond acceptors (Lipinski definition) is 5. The van der Waals surface area contributed by atoms with Crippen molar-refractivity contribution in [2.45, 2.75) is 50.9 Å². The Balaban J connectivity index is 2.72. The van der Waals surface area contributed by atoms with Gasteiger partial charge in [-0.05, 0) is 18.6 Å². The minimum atomic E-state index is -3.64. The second-order valence-corrected chi connectivity index (χ2v) is 6.58. The first-order valence-electron chi connectivity index (χ1n) is 6.72. The van der Waals surface area contributed by atoms with Crippen LogP contribution in [0.3, 0.4) is 0 Å². The molecule has 1 atom stereocenters. The highest BCUT2D eigenvalue weighted by atomic mass is 32.2. The van der Waals surface area contributed by atoms with Gasteiger partial charge >= 0.3 is 0 Å². The molecule has 0 amide bonds. The van der Waals surface area contributed by atoms with Crippen molar-refractivity contribution in [2.24, 2.45) is 0 Å². The maximum Gasteiger partial charge on any atom is 0.274 e. The van der Waals surface area contributed by atoms with Gasteiger partial charge in [-0.15, -0.1) is 0 Å². The molecule has 2 N–H and O–H groups in total. The average molecular weight is 304 g/mol. The molecule has 0 spiro atoms. The summed E-state index contributed by atoms with van der Waals surface area (Å²) in [5.74, 6) is 0.596. The van der Waals surface area contributed by atoms with Crippen molar-refractivity contribution in [2.75, 3.05) is 13.7 Å². The molecule has 6 nitrogen and oxygen atoms in total. The van der Waals surface area contributed by atoms with Gasteiger partial charge < -0.3 is 14.5 Å². The van der Waals surface area contributed by atoms with Crippen LogP contribution in [-0.2, 0) is 21.3 Å². The van der Waals surface area contributed by atoms with Crippen molar-refractivity contribution in [3.63, 3.8) is 0 Å². The van der Waals surface area contributed by atoms with Gasteiger partial charge in [0, 0.05) is 19.2 Å². The number of methoxy groups -OCH3 is 1. The van der Waals surface area contributed by atoms with Crippen LogP contribution < -0.4 is 10.0 Å². The van der Waals surface area contributed by atoms with Crippen LogP contribution in [0.1, 0.15) is 33.0 Å². The van der Waals surface area contributed by atoms with Crippen LogP contribution in [0.2, 0.25) is 0 Å². The van der Waals surface area contributed by atoms with Crippen LogP contribution in [0.4, 0.5) is 0 Å². The van der Waals surface area contributed by atoms with Crippen LogP contribution in [0, 0.1) is 0 Å². The molecule has 1 unspecified atom stereocenters. The van der Waals surface area contributed by atoms with E-state index in [-0.39, 0.29) is 11.1 Å². The fourth-order valence-electron chi connectivity index (χ4n) is 1.62. The molecule has 0 fully saturated rings. The predicted molar refractivity (Wildman–Crippen MR) is 77.0 cm³/mol. The minimum Gasteiger partial charge on any atom is -0.447 e. The first kappa shape index (κ1) is 17.2. The van der Waals surface area contributed by atoms with E-state index in [1.807, 2.05) is 20.8 Å². The van der Waals surface area contributed by atoms with Crippen LogP contribution >= 0.6 is 0 Å². The number of furan rings is 1. The smallest absolute Gasteiger partial charge is 0.274 e. The van der Waals surface area contributed by atoms with E-state index in [0.29, 0.717) is 31.4 Å². The van der Waals surface area contributed by atoms with Gasteiger partial charge in [0.05, 0.1) is 13.2 Å². The third kappa shape index (κ3) is 5.24. The third-order valence-corrected chi connectivity index (χ3v) is 4.16. The summed E-state index contributed by atoms with van der Waals surface area (Å²) in [7, 11) is -2.09. The summed E-state index contributed by atoms with van der Waals surface area (Å²) in [5.41, 5.74) is 0. The third-order valence-electron chi connectivity index (χ3n) is 2.77. The molecule has 0 aliphatic carbocycles. The second-order valence-electron chi connectivity index (χ2n) is 4.94. The summed E-state index contributed by atoms with van der Waals surface area (Å²) in [5, 5.41) is 3.11. The van der Waals surface area contributed by atoms with E-state index >= 15 is 0 Å². The molecular formula is C13H24N2O4S. The van der Waals surface area contributed by atoms with E-state index in [2.05, 4.69) is 10.0 Å². The van der Waals surface area contributed by atoms with E-state index < -0.39 is 10.0 Å². The number of rotatable bonds is 9. The fraction of sp³-hybridized carbons (Fsp3) is 0.692. The molecular weight excluding hydrogens is 280 g/mol. The molecule has 1 rings (SSSR count). The first-order valence-corrected chi connectivity index (χ1v) is 8.20. The number of hydrogen-bond donors (Lipinski definition) is 2. The molecule has 1 aromatic rings. The van der Waals surface area contributed by atoms with E-state index in [4.69, 9.17) is 9.15 Å². The largest absolute Gasteiger partial charge is 0.447 e. The van der Waals surface area contributed by atoms with E-state index in [1.165, 1.54) is 6.07 Å². The van der Waals surface area contributed by atoms with Crippen molar-refractivity contribution in [1.29, 1.82) is 0 Å². The van der Waals surface area contributed by atoms with Crippen LogP contribution in [0.15, 0.2) is 21.6 Å². The van der Waals surface area contributed by atoms with Gasteiger partial charge in [-0.1, -0.05) is 20.8 Å². The Kier molecular flexibility index (Phi) is 6.67. The fourth-order valence-corrected chi connectivity index (χ4v) is 2.87. The molecule has 1 heterocycles. The van der Waals surface area contributed by atoms with Gasteiger partial charge in [0.25, 0.3) is 10.0 Å². The van der Waals surface area contributed by atoms with Gasteiger partial charge in [0.2, 0.25) is 5.09 Å². The minimum absolute atomic E-state index is 0.0624. The lowest BCUT2D eigenvalue weighted by Crippen LogP contribution is -2.37. The maximum absolute atomic E-state index is 12.1. The van der Waals surface area contributed by atoms with Gasteiger partial charge in [0.15, 0.2) is 0 Å². The molecule has 0 radical (unpaired) electrons. The number of sulfonamides is 1. The van der Waals surface area contributed by atoms with Gasteiger partial charge in [-0.2, -0.15) is 0 Å². The quantitative estimate of drug-likeness (QED) is 0.722. The molecule has 0 saturated carbocycles. The van der Waals surface area contributed by atoms with Crippen molar-refractivity contribution >= 4 is 10.0 Å². The molecule has 0 aliphatic heterocycles. The Hall–Kier alpha value is -0.890. The van der Waals surface area contributed by atoms with Gasteiger partial charge in [0.1, 0.15) is 5.76 Å². The zero-order chi connectivity index (χ0) is 15.2. The summed E-state index contributed by atoms with van der Waals surface area (Å²) in [6.07, 6.45) is 0.648. The summed E-state index contributed by atoms with van der Waals surface area (Å²) >= 11 is 0. The Morgan fingerprint density at radius 2 is 2.05 bits per heavy atom. The molecule has 116 valence electrons. The Morgan fingerprint density at radius 1 is 1.35 bits per heavy atom. The maximum atomic E-state index is 12.1. The van der Waals surface area contributed by atoms with Crippen LogP contribution in [-0.4, -0.2) is 34.2 Å². The Morgan fingerprint density at radius 3 is 2.60 bits per heavy atom.